The van der Waals surface area contributed by atoms with Gasteiger partial charge in [-0.25, -0.2) is 0 Å². The van der Waals surface area contributed by atoms with Crippen LogP contribution in [0.5, 0.6) is 0 Å². The first-order chi connectivity index (χ1) is 6.84. The van der Waals surface area contributed by atoms with Crippen LogP contribution in [0.1, 0.15) is 6.42 Å². The number of aliphatic hydroxyl groups is 1. The molecule has 88 valence electrons. The van der Waals surface area contributed by atoms with Gasteiger partial charge in [0.2, 0.25) is 0 Å². The molecular weight excluding hydrogens is 224 g/mol. The number of β-amino-alcohol motifs (C(OH)–C–C–N with tert-alkyl or cyclic N) is 1. The zero-order chi connectivity index (χ0) is 11.6. The SMILES string of the molecule is CN(CCC(=O)O)S(=O)(=O)N1CC(O)C1. The summed E-state index contributed by atoms with van der Waals surface area (Å²) < 4.78 is 25.3. The molecule has 1 aliphatic rings. The summed E-state index contributed by atoms with van der Waals surface area (Å²) in [7, 11) is -2.27. The van der Waals surface area contributed by atoms with Crippen LogP contribution in [-0.2, 0) is 15.0 Å². The third-order valence-electron chi connectivity index (χ3n) is 2.19. The minimum absolute atomic E-state index is 0.0652. The van der Waals surface area contributed by atoms with Gasteiger partial charge in [-0.3, -0.25) is 4.79 Å². The van der Waals surface area contributed by atoms with Gasteiger partial charge in [0, 0.05) is 26.7 Å². The van der Waals surface area contributed by atoms with Crippen molar-refractivity contribution in [3.8, 4) is 0 Å². The Morgan fingerprint density at radius 2 is 2.07 bits per heavy atom. The fourth-order valence-corrected chi connectivity index (χ4v) is 2.61. The van der Waals surface area contributed by atoms with Crippen LogP contribution in [0.2, 0.25) is 0 Å². The van der Waals surface area contributed by atoms with Gasteiger partial charge in [0.1, 0.15) is 0 Å². The molecule has 0 aliphatic carbocycles. The van der Waals surface area contributed by atoms with E-state index in [-0.39, 0.29) is 26.1 Å². The average molecular weight is 238 g/mol. The first kappa shape index (κ1) is 12.4. The molecule has 0 unspecified atom stereocenters. The van der Waals surface area contributed by atoms with Gasteiger partial charge in [-0.15, -0.1) is 0 Å². The molecule has 1 saturated heterocycles. The molecule has 0 atom stereocenters. The molecule has 0 aromatic heterocycles. The van der Waals surface area contributed by atoms with E-state index in [0.717, 1.165) is 8.61 Å². The summed E-state index contributed by atoms with van der Waals surface area (Å²) in [5.41, 5.74) is 0. The third-order valence-corrected chi connectivity index (χ3v) is 4.11. The van der Waals surface area contributed by atoms with Gasteiger partial charge in [0.15, 0.2) is 0 Å². The van der Waals surface area contributed by atoms with E-state index < -0.39 is 22.3 Å². The van der Waals surface area contributed by atoms with E-state index in [2.05, 4.69) is 0 Å². The van der Waals surface area contributed by atoms with Gasteiger partial charge in [0.05, 0.1) is 12.5 Å². The molecule has 1 rings (SSSR count). The summed E-state index contributed by atoms with van der Waals surface area (Å²) in [5, 5.41) is 17.4. The molecule has 1 fully saturated rings. The number of rotatable bonds is 5. The molecule has 0 aromatic rings. The van der Waals surface area contributed by atoms with Crippen LogP contribution in [0.15, 0.2) is 0 Å². The van der Waals surface area contributed by atoms with Gasteiger partial charge in [0.25, 0.3) is 10.2 Å². The van der Waals surface area contributed by atoms with Crippen molar-refractivity contribution in [3.63, 3.8) is 0 Å². The number of carboxylic acid groups (broad SMARTS) is 1. The Balaban J connectivity index is 2.50. The summed E-state index contributed by atoms with van der Waals surface area (Å²) in [6.45, 7) is 0.101. The summed E-state index contributed by atoms with van der Waals surface area (Å²) in [6, 6.07) is 0. The lowest BCUT2D eigenvalue weighted by Gasteiger charge is -2.37. The molecule has 1 aliphatic heterocycles. The topological polar surface area (TPSA) is 98.2 Å². The zero-order valence-electron chi connectivity index (χ0n) is 8.33. The Morgan fingerprint density at radius 3 is 2.47 bits per heavy atom. The Kier molecular flexibility index (Phi) is 3.66. The molecule has 0 aromatic carbocycles. The highest BCUT2D eigenvalue weighted by Gasteiger charge is 2.36. The first-order valence-corrected chi connectivity index (χ1v) is 5.85. The Morgan fingerprint density at radius 1 is 1.53 bits per heavy atom. The van der Waals surface area contributed by atoms with Crippen molar-refractivity contribution in [2.24, 2.45) is 0 Å². The number of aliphatic hydroxyl groups excluding tert-OH is 1. The Hall–Kier alpha value is -0.700. The van der Waals surface area contributed by atoms with E-state index in [1.54, 1.807) is 0 Å². The van der Waals surface area contributed by atoms with E-state index in [1.807, 2.05) is 0 Å². The molecule has 1 heterocycles. The lowest BCUT2D eigenvalue weighted by atomic mass is 10.2. The third kappa shape index (κ3) is 2.88. The number of nitrogens with zero attached hydrogens (tertiary/aromatic N) is 2. The van der Waals surface area contributed by atoms with Crippen molar-refractivity contribution in [2.45, 2.75) is 12.5 Å². The van der Waals surface area contributed by atoms with Gasteiger partial charge in [-0.05, 0) is 0 Å². The fraction of sp³-hybridized carbons (Fsp3) is 0.857. The Bertz CT molecular complexity index is 335. The molecule has 0 bridgehead atoms. The molecular formula is C7H14N2O5S. The maximum Gasteiger partial charge on any atom is 0.304 e. The largest absolute Gasteiger partial charge is 0.481 e. The van der Waals surface area contributed by atoms with Crippen molar-refractivity contribution in [3.05, 3.63) is 0 Å². The van der Waals surface area contributed by atoms with E-state index in [4.69, 9.17) is 10.2 Å². The van der Waals surface area contributed by atoms with Gasteiger partial charge in [-0.2, -0.15) is 17.0 Å². The highest BCUT2D eigenvalue weighted by atomic mass is 32.2. The second-order valence-corrected chi connectivity index (χ2v) is 5.48. The average Bonchev–Trinajstić information content (AvgIpc) is 2.08. The number of hydrogen-bond acceptors (Lipinski definition) is 4. The molecule has 7 nitrogen and oxygen atoms in total. The van der Waals surface area contributed by atoms with Crippen LogP contribution in [0, 0.1) is 0 Å². The predicted octanol–water partition coefficient (Wildman–Crippen LogP) is -1.69. The quantitative estimate of drug-likeness (QED) is 0.596. The van der Waals surface area contributed by atoms with Crippen LogP contribution in [0.3, 0.4) is 0 Å². The van der Waals surface area contributed by atoms with Crippen molar-refractivity contribution in [2.75, 3.05) is 26.7 Å². The highest BCUT2D eigenvalue weighted by molar-refractivity contribution is 7.86. The van der Waals surface area contributed by atoms with Gasteiger partial charge < -0.3 is 10.2 Å². The smallest absolute Gasteiger partial charge is 0.304 e. The second-order valence-electron chi connectivity index (χ2n) is 3.44. The van der Waals surface area contributed by atoms with E-state index in [1.165, 1.54) is 7.05 Å². The first-order valence-electron chi connectivity index (χ1n) is 4.45. The van der Waals surface area contributed by atoms with Crippen molar-refractivity contribution in [1.82, 2.24) is 8.61 Å². The van der Waals surface area contributed by atoms with Crippen LogP contribution < -0.4 is 0 Å². The normalized spacial score (nSPS) is 19.1. The van der Waals surface area contributed by atoms with E-state index >= 15 is 0 Å². The minimum Gasteiger partial charge on any atom is -0.481 e. The number of aliphatic carboxylic acids is 1. The standard InChI is InChI=1S/C7H14N2O5S/c1-8(3-2-7(11)12)15(13,14)9-4-6(10)5-9/h6,10H,2-5H2,1H3,(H,11,12). The van der Waals surface area contributed by atoms with Crippen LogP contribution in [0.25, 0.3) is 0 Å². The van der Waals surface area contributed by atoms with Crippen LogP contribution in [0.4, 0.5) is 0 Å². The monoisotopic (exact) mass is 238 g/mol. The molecule has 8 heteroatoms. The number of carboxylic acids is 1. The van der Waals surface area contributed by atoms with Gasteiger partial charge >= 0.3 is 5.97 Å². The van der Waals surface area contributed by atoms with Crippen LogP contribution in [-0.4, -0.2) is 66.0 Å². The zero-order valence-corrected chi connectivity index (χ0v) is 9.14. The second kappa shape index (κ2) is 4.44. The molecule has 15 heavy (non-hydrogen) atoms. The lowest BCUT2D eigenvalue weighted by Crippen LogP contribution is -2.57. The van der Waals surface area contributed by atoms with Crippen LogP contribution >= 0.6 is 0 Å². The lowest BCUT2D eigenvalue weighted by molar-refractivity contribution is -0.137. The van der Waals surface area contributed by atoms with Crippen molar-refractivity contribution >= 4 is 16.2 Å². The molecule has 2 N–H and O–H groups in total. The summed E-state index contributed by atoms with van der Waals surface area (Å²) >= 11 is 0. The molecule has 0 saturated carbocycles. The molecule has 0 radical (unpaired) electrons. The Labute approximate surface area is 88.1 Å². The van der Waals surface area contributed by atoms with Crippen molar-refractivity contribution in [1.29, 1.82) is 0 Å². The minimum atomic E-state index is -3.59. The maximum atomic E-state index is 11.6. The highest BCUT2D eigenvalue weighted by Crippen LogP contribution is 2.15. The summed E-state index contributed by atoms with van der Waals surface area (Å²) in [5.74, 6) is -1.04. The molecule has 0 spiro atoms. The number of carbonyl (C=O) groups is 1. The maximum absolute atomic E-state index is 11.6. The molecule has 0 amide bonds. The van der Waals surface area contributed by atoms with Gasteiger partial charge in [-0.1, -0.05) is 0 Å². The summed E-state index contributed by atoms with van der Waals surface area (Å²) in [4.78, 5) is 10.3. The van der Waals surface area contributed by atoms with E-state index in [9.17, 15) is 13.2 Å². The fourth-order valence-electron chi connectivity index (χ4n) is 1.17. The van der Waals surface area contributed by atoms with E-state index in [0.29, 0.717) is 0 Å². The number of hydrogen-bond donors (Lipinski definition) is 2. The van der Waals surface area contributed by atoms with Crippen molar-refractivity contribution < 1.29 is 23.4 Å². The summed E-state index contributed by atoms with van der Waals surface area (Å²) in [6.07, 6.45) is -0.834. The predicted molar refractivity (Wildman–Crippen MR) is 51.4 cm³/mol.